The van der Waals surface area contributed by atoms with Gasteiger partial charge >= 0.3 is 0 Å². The van der Waals surface area contributed by atoms with E-state index in [2.05, 4.69) is 36.6 Å². The van der Waals surface area contributed by atoms with E-state index in [-0.39, 0.29) is 6.04 Å². The van der Waals surface area contributed by atoms with Crippen LogP contribution < -0.4 is 11.3 Å². The summed E-state index contributed by atoms with van der Waals surface area (Å²) in [4.78, 5) is 0. The van der Waals surface area contributed by atoms with Crippen molar-refractivity contribution in [2.45, 2.75) is 18.2 Å². The van der Waals surface area contributed by atoms with Crippen LogP contribution in [0.15, 0.2) is 24.3 Å². The molecule has 1 saturated heterocycles. The van der Waals surface area contributed by atoms with Gasteiger partial charge in [-0.15, -0.1) is 0 Å². The van der Waals surface area contributed by atoms with Crippen LogP contribution in [0, 0.1) is 6.92 Å². The van der Waals surface area contributed by atoms with Crippen molar-refractivity contribution in [3.8, 4) is 0 Å². The molecule has 1 heterocycles. The van der Waals surface area contributed by atoms with Crippen LogP contribution >= 0.6 is 23.5 Å². The van der Waals surface area contributed by atoms with E-state index in [9.17, 15) is 0 Å². The Morgan fingerprint density at radius 3 is 2.94 bits per heavy atom. The Morgan fingerprint density at radius 1 is 1.44 bits per heavy atom. The molecule has 2 unspecified atom stereocenters. The lowest BCUT2D eigenvalue weighted by atomic mass is 10.0. The maximum atomic E-state index is 5.71. The minimum atomic E-state index is 0.276. The monoisotopic (exact) mass is 254 g/mol. The Bertz CT molecular complexity index is 338. The molecule has 2 rings (SSSR count). The number of benzene rings is 1. The molecule has 1 fully saturated rings. The number of hydrogen-bond acceptors (Lipinski definition) is 4. The van der Waals surface area contributed by atoms with Gasteiger partial charge in [0.15, 0.2) is 0 Å². The van der Waals surface area contributed by atoms with Crippen LogP contribution in [-0.2, 0) is 0 Å². The average molecular weight is 254 g/mol. The van der Waals surface area contributed by atoms with Gasteiger partial charge in [-0.1, -0.05) is 29.8 Å². The van der Waals surface area contributed by atoms with Crippen LogP contribution in [0.2, 0.25) is 0 Å². The smallest absolute Gasteiger partial charge is 0.0586 e. The molecule has 88 valence electrons. The summed E-state index contributed by atoms with van der Waals surface area (Å²) in [5, 5.41) is 0.588. The fourth-order valence-corrected chi connectivity index (χ4v) is 4.83. The van der Waals surface area contributed by atoms with E-state index >= 15 is 0 Å². The lowest BCUT2D eigenvalue weighted by Gasteiger charge is -2.29. The summed E-state index contributed by atoms with van der Waals surface area (Å²) in [7, 11) is 0. The molecule has 3 N–H and O–H groups in total. The summed E-state index contributed by atoms with van der Waals surface area (Å²) in [5.74, 6) is 9.41. The van der Waals surface area contributed by atoms with Crippen LogP contribution in [0.3, 0.4) is 0 Å². The van der Waals surface area contributed by atoms with Crippen LogP contribution in [0.25, 0.3) is 0 Å². The van der Waals surface area contributed by atoms with Gasteiger partial charge in [-0.25, -0.2) is 0 Å². The van der Waals surface area contributed by atoms with Gasteiger partial charge in [-0.2, -0.15) is 23.5 Å². The minimum Gasteiger partial charge on any atom is -0.271 e. The highest BCUT2D eigenvalue weighted by Crippen LogP contribution is 2.33. The standard InChI is InChI=1S/C12H18N2S2/c1-9-3-2-4-10(7-9)12(14-13)11-8-15-5-6-16-11/h2-4,7,11-12,14H,5-6,8,13H2,1H3. The Morgan fingerprint density at radius 2 is 2.31 bits per heavy atom. The molecule has 2 nitrogen and oxygen atoms in total. The summed E-state index contributed by atoms with van der Waals surface area (Å²) >= 11 is 4.06. The number of nitrogens with one attached hydrogen (secondary N) is 1. The zero-order valence-electron chi connectivity index (χ0n) is 9.48. The van der Waals surface area contributed by atoms with Gasteiger partial charge in [0.25, 0.3) is 0 Å². The molecule has 1 aliphatic heterocycles. The molecule has 0 bridgehead atoms. The molecule has 16 heavy (non-hydrogen) atoms. The average Bonchev–Trinajstić information content (AvgIpc) is 2.31. The highest BCUT2D eigenvalue weighted by Gasteiger charge is 2.24. The zero-order chi connectivity index (χ0) is 11.4. The first-order valence-electron chi connectivity index (χ1n) is 5.53. The van der Waals surface area contributed by atoms with E-state index in [1.807, 2.05) is 23.5 Å². The molecule has 1 aromatic carbocycles. The molecule has 0 aromatic heterocycles. The van der Waals surface area contributed by atoms with Crippen molar-refractivity contribution in [2.75, 3.05) is 17.3 Å². The first-order valence-corrected chi connectivity index (χ1v) is 7.73. The topological polar surface area (TPSA) is 38.0 Å². The molecule has 0 saturated carbocycles. The second-order valence-corrected chi connectivity index (χ2v) is 6.54. The van der Waals surface area contributed by atoms with E-state index in [4.69, 9.17) is 5.84 Å². The van der Waals surface area contributed by atoms with Crippen LogP contribution in [0.5, 0.6) is 0 Å². The highest BCUT2D eigenvalue weighted by atomic mass is 32.2. The Labute approximate surface area is 106 Å². The first-order chi connectivity index (χ1) is 7.81. The summed E-state index contributed by atoms with van der Waals surface area (Å²) in [6, 6.07) is 8.90. The van der Waals surface area contributed by atoms with Crippen molar-refractivity contribution >= 4 is 23.5 Å². The maximum Gasteiger partial charge on any atom is 0.0586 e. The van der Waals surface area contributed by atoms with Gasteiger partial charge < -0.3 is 0 Å². The van der Waals surface area contributed by atoms with Crippen LogP contribution in [0.4, 0.5) is 0 Å². The van der Waals surface area contributed by atoms with Crippen LogP contribution in [0.1, 0.15) is 17.2 Å². The fourth-order valence-electron chi connectivity index (χ4n) is 1.98. The molecule has 1 aliphatic rings. The van der Waals surface area contributed by atoms with Crippen molar-refractivity contribution < 1.29 is 0 Å². The van der Waals surface area contributed by atoms with Crippen molar-refractivity contribution in [1.29, 1.82) is 0 Å². The number of nitrogens with two attached hydrogens (primary N) is 1. The Kier molecular flexibility index (Phi) is 4.58. The number of hydrogen-bond donors (Lipinski definition) is 2. The number of rotatable bonds is 3. The number of hydrazine groups is 1. The largest absolute Gasteiger partial charge is 0.271 e. The van der Waals surface area contributed by atoms with E-state index in [1.165, 1.54) is 28.4 Å². The molecule has 0 amide bonds. The van der Waals surface area contributed by atoms with Gasteiger partial charge in [0.05, 0.1) is 6.04 Å². The number of aryl methyl sites for hydroxylation is 1. The molecule has 0 spiro atoms. The first kappa shape index (κ1) is 12.3. The quantitative estimate of drug-likeness (QED) is 0.641. The summed E-state index contributed by atoms with van der Waals surface area (Å²) in [6.07, 6.45) is 0. The van der Waals surface area contributed by atoms with E-state index < -0.39 is 0 Å². The lowest BCUT2D eigenvalue weighted by Crippen LogP contribution is -2.37. The van der Waals surface area contributed by atoms with E-state index in [0.29, 0.717) is 5.25 Å². The molecule has 1 aromatic rings. The SMILES string of the molecule is Cc1cccc(C(NN)C2CSCCS2)c1. The van der Waals surface area contributed by atoms with Gasteiger partial charge in [-0.05, 0) is 12.5 Å². The molecule has 0 radical (unpaired) electrons. The van der Waals surface area contributed by atoms with Crippen molar-refractivity contribution in [2.24, 2.45) is 5.84 Å². The second kappa shape index (κ2) is 5.96. The predicted molar refractivity (Wildman–Crippen MR) is 74.8 cm³/mol. The zero-order valence-corrected chi connectivity index (χ0v) is 11.1. The minimum absolute atomic E-state index is 0.276. The molecular weight excluding hydrogens is 236 g/mol. The summed E-state index contributed by atoms with van der Waals surface area (Å²) in [6.45, 7) is 2.12. The third kappa shape index (κ3) is 2.94. The molecule has 0 aliphatic carbocycles. The second-order valence-electron chi connectivity index (χ2n) is 4.04. The van der Waals surface area contributed by atoms with Gasteiger partial charge in [0.2, 0.25) is 0 Å². The van der Waals surface area contributed by atoms with Crippen molar-refractivity contribution in [3.63, 3.8) is 0 Å². The van der Waals surface area contributed by atoms with Crippen molar-refractivity contribution in [3.05, 3.63) is 35.4 Å². The molecule has 4 heteroatoms. The third-order valence-electron chi connectivity index (χ3n) is 2.79. The summed E-state index contributed by atoms with van der Waals surface area (Å²) in [5.41, 5.74) is 5.59. The maximum absolute atomic E-state index is 5.71. The number of thioether (sulfide) groups is 2. The van der Waals surface area contributed by atoms with Gasteiger partial charge in [0, 0.05) is 22.5 Å². The lowest BCUT2D eigenvalue weighted by molar-refractivity contribution is 0.552. The summed E-state index contributed by atoms with van der Waals surface area (Å²) < 4.78 is 0. The molecule has 2 atom stereocenters. The third-order valence-corrected chi connectivity index (χ3v) is 5.66. The normalized spacial score (nSPS) is 23.0. The van der Waals surface area contributed by atoms with Gasteiger partial charge in [-0.3, -0.25) is 11.3 Å². The fraction of sp³-hybridized carbons (Fsp3) is 0.500. The highest BCUT2D eigenvalue weighted by molar-refractivity contribution is 8.06. The van der Waals surface area contributed by atoms with Gasteiger partial charge in [0.1, 0.15) is 0 Å². The molecular formula is C12H18N2S2. The Hall–Kier alpha value is -0.160. The Balaban J connectivity index is 2.14. The van der Waals surface area contributed by atoms with Crippen molar-refractivity contribution in [1.82, 2.24) is 5.43 Å². The van der Waals surface area contributed by atoms with E-state index in [0.717, 1.165) is 0 Å². The van der Waals surface area contributed by atoms with Crippen LogP contribution in [-0.4, -0.2) is 22.5 Å². The predicted octanol–water partition coefficient (Wildman–Crippen LogP) is 2.35. The van der Waals surface area contributed by atoms with E-state index in [1.54, 1.807) is 0 Å².